The summed E-state index contributed by atoms with van der Waals surface area (Å²) in [5, 5.41) is 0.669. The minimum Gasteiger partial charge on any atom is -0.459 e. The van der Waals surface area contributed by atoms with Crippen LogP contribution in [0.2, 0.25) is 5.15 Å². The summed E-state index contributed by atoms with van der Waals surface area (Å²) in [7, 11) is 0. The Morgan fingerprint density at radius 1 is 1.04 bits per heavy atom. The maximum atomic E-state index is 13.3. The molecule has 0 aliphatic carbocycles. The first-order valence-electron chi connectivity index (χ1n) is 8.41. The number of furan rings is 1. The van der Waals surface area contributed by atoms with Crippen LogP contribution in [0.1, 0.15) is 20.9 Å². The molecule has 0 bridgehead atoms. The second-order valence-corrected chi connectivity index (χ2v) is 6.58. The number of rotatable bonds is 2. The fraction of sp³-hybridized carbons (Fsp3) is 0.211. The number of carbonyl (C=O) groups excluding carboxylic acids is 2. The zero-order valence-electron chi connectivity index (χ0n) is 14.2. The molecule has 0 atom stereocenters. The molecule has 27 heavy (non-hydrogen) atoms. The predicted octanol–water partition coefficient (Wildman–Crippen LogP) is 3.22. The van der Waals surface area contributed by atoms with Crippen molar-refractivity contribution in [1.82, 2.24) is 14.8 Å². The fourth-order valence-electron chi connectivity index (χ4n) is 3.11. The Morgan fingerprint density at radius 3 is 2.41 bits per heavy atom. The molecule has 3 aromatic rings. The maximum absolute atomic E-state index is 13.3. The first-order valence-corrected chi connectivity index (χ1v) is 8.78. The normalized spacial score (nSPS) is 14.6. The molecule has 4 rings (SSSR count). The Morgan fingerprint density at radius 2 is 1.74 bits per heavy atom. The third-order valence-corrected chi connectivity index (χ3v) is 4.84. The number of pyridine rings is 1. The quantitative estimate of drug-likeness (QED) is 0.633. The minimum absolute atomic E-state index is 0.0344. The van der Waals surface area contributed by atoms with Gasteiger partial charge < -0.3 is 14.2 Å². The molecule has 0 spiro atoms. The lowest BCUT2D eigenvalue weighted by Gasteiger charge is -2.34. The highest BCUT2D eigenvalue weighted by Gasteiger charge is 2.28. The lowest BCUT2D eigenvalue weighted by molar-refractivity contribution is 0.0518. The summed E-state index contributed by atoms with van der Waals surface area (Å²) in [5.41, 5.74) is 0.659. The number of nitrogens with zero attached hydrogens (tertiary/aromatic N) is 3. The van der Waals surface area contributed by atoms with Crippen LogP contribution in [0.3, 0.4) is 0 Å². The number of carbonyl (C=O) groups is 2. The van der Waals surface area contributed by atoms with Crippen molar-refractivity contribution in [2.45, 2.75) is 0 Å². The van der Waals surface area contributed by atoms with Crippen molar-refractivity contribution in [1.29, 1.82) is 0 Å². The molecule has 0 N–H and O–H groups in total. The maximum Gasteiger partial charge on any atom is 0.289 e. The van der Waals surface area contributed by atoms with Gasteiger partial charge in [-0.3, -0.25) is 9.59 Å². The molecule has 2 aromatic heterocycles. The Labute approximate surface area is 159 Å². The SMILES string of the molecule is O=C(c1ccco1)N1CCN(C(=O)c2cc3ccc(F)cc3nc2Cl)CC1. The summed E-state index contributed by atoms with van der Waals surface area (Å²) in [6, 6.07) is 9.04. The van der Waals surface area contributed by atoms with Crippen molar-refractivity contribution in [3.05, 3.63) is 65.0 Å². The number of benzene rings is 1. The van der Waals surface area contributed by atoms with Gasteiger partial charge >= 0.3 is 0 Å². The lowest BCUT2D eigenvalue weighted by atomic mass is 10.1. The van der Waals surface area contributed by atoms with Crippen LogP contribution < -0.4 is 0 Å². The third kappa shape index (κ3) is 3.38. The zero-order valence-corrected chi connectivity index (χ0v) is 14.9. The summed E-state index contributed by atoms with van der Waals surface area (Å²) in [5.74, 6) is -0.588. The third-order valence-electron chi connectivity index (χ3n) is 4.55. The smallest absolute Gasteiger partial charge is 0.289 e. The van der Waals surface area contributed by atoms with Crippen molar-refractivity contribution in [2.24, 2.45) is 0 Å². The van der Waals surface area contributed by atoms with Crippen molar-refractivity contribution in [3.8, 4) is 0 Å². The van der Waals surface area contributed by atoms with Gasteiger partial charge in [-0.05, 0) is 30.3 Å². The van der Waals surface area contributed by atoms with Gasteiger partial charge in [0.1, 0.15) is 11.0 Å². The van der Waals surface area contributed by atoms with Gasteiger partial charge in [0.15, 0.2) is 5.76 Å². The number of fused-ring (bicyclic) bond motifs is 1. The van der Waals surface area contributed by atoms with E-state index in [1.54, 1.807) is 34.1 Å². The number of piperazine rings is 1. The molecule has 6 nitrogen and oxygen atoms in total. The molecular formula is C19H15ClFN3O3. The summed E-state index contributed by atoms with van der Waals surface area (Å²) in [6.07, 6.45) is 1.45. The van der Waals surface area contributed by atoms with Crippen molar-refractivity contribution < 1.29 is 18.4 Å². The fourth-order valence-corrected chi connectivity index (χ4v) is 3.33. The van der Waals surface area contributed by atoms with Gasteiger partial charge in [0.2, 0.25) is 0 Å². The highest BCUT2D eigenvalue weighted by Crippen LogP contribution is 2.23. The van der Waals surface area contributed by atoms with Gasteiger partial charge in [-0.25, -0.2) is 9.37 Å². The Hall–Kier alpha value is -2.93. The number of amides is 2. The highest BCUT2D eigenvalue weighted by atomic mass is 35.5. The van der Waals surface area contributed by atoms with E-state index in [4.69, 9.17) is 16.0 Å². The van der Waals surface area contributed by atoms with Crippen LogP contribution in [0.5, 0.6) is 0 Å². The van der Waals surface area contributed by atoms with E-state index < -0.39 is 5.82 Å². The number of hydrogen-bond acceptors (Lipinski definition) is 4. The van der Waals surface area contributed by atoms with Crippen LogP contribution >= 0.6 is 11.6 Å². The van der Waals surface area contributed by atoms with Crippen LogP contribution in [0.25, 0.3) is 10.9 Å². The molecule has 2 amide bonds. The van der Waals surface area contributed by atoms with E-state index in [2.05, 4.69) is 4.98 Å². The van der Waals surface area contributed by atoms with Gasteiger partial charge in [-0.15, -0.1) is 0 Å². The molecule has 1 aliphatic heterocycles. The number of hydrogen-bond donors (Lipinski definition) is 0. The Kier molecular flexibility index (Phi) is 4.53. The number of aromatic nitrogens is 1. The van der Waals surface area contributed by atoms with Gasteiger partial charge in [-0.1, -0.05) is 11.6 Å². The Balaban J connectivity index is 1.49. The highest BCUT2D eigenvalue weighted by molar-refractivity contribution is 6.33. The summed E-state index contributed by atoms with van der Waals surface area (Å²) >= 11 is 6.16. The molecule has 3 heterocycles. The second kappa shape index (κ2) is 7.00. The van der Waals surface area contributed by atoms with Crippen LogP contribution in [0, 0.1) is 5.82 Å². The Bertz CT molecular complexity index is 1010. The number of halogens is 2. The predicted molar refractivity (Wildman–Crippen MR) is 97.2 cm³/mol. The molecule has 8 heteroatoms. The summed E-state index contributed by atoms with van der Waals surface area (Å²) in [4.78, 5) is 32.5. The van der Waals surface area contributed by atoms with Crippen LogP contribution in [0.15, 0.2) is 47.1 Å². The molecule has 0 radical (unpaired) electrons. The summed E-state index contributed by atoms with van der Waals surface area (Å²) in [6.45, 7) is 1.55. The molecule has 1 aliphatic rings. The molecule has 0 saturated carbocycles. The molecule has 1 fully saturated rings. The molecule has 1 aromatic carbocycles. The molecule has 0 unspecified atom stereocenters. The van der Waals surface area contributed by atoms with Gasteiger partial charge in [0.25, 0.3) is 11.8 Å². The minimum atomic E-state index is -0.414. The molecule has 1 saturated heterocycles. The first kappa shape index (κ1) is 17.5. The second-order valence-electron chi connectivity index (χ2n) is 6.23. The van der Waals surface area contributed by atoms with Crippen LogP contribution in [-0.4, -0.2) is 52.8 Å². The van der Waals surface area contributed by atoms with E-state index in [0.717, 1.165) is 0 Å². The standard InChI is InChI=1S/C19H15ClFN3O3/c20-17-14(10-12-3-4-13(21)11-15(12)22-17)18(25)23-5-7-24(8-6-23)19(26)16-2-1-9-27-16/h1-4,9-11H,5-8H2. The van der Waals surface area contributed by atoms with E-state index in [0.29, 0.717) is 37.1 Å². The van der Waals surface area contributed by atoms with Gasteiger partial charge in [0, 0.05) is 37.6 Å². The zero-order chi connectivity index (χ0) is 19.0. The monoisotopic (exact) mass is 387 g/mol. The van der Waals surface area contributed by atoms with Gasteiger partial charge in [0.05, 0.1) is 17.3 Å². The van der Waals surface area contributed by atoms with E-state index >= 15 is 0 Å². The van der Waals surface area contributed by atoms with Crippen molar-refractivity contribution >= 4 is 34.3 Å². The average molecular weight is 388 g/mol. The van der Waals surface area contributed by atoms with E-state index in [-0.39, 0.29) is 28.3 Å². The first-order chi connectivity index (χ1) is 13.0. The van der Waals surface area contributed by atoms with E-state index in [1.807, 2.05) is 0 Å². The summed E-state index contributed by atoms with van der Waals surface area (Å²) < 4.78 is 18.5. The average Bonchev–Trinajstić information content (AvgIpc) is 3.21. The van der Waals surface area contributed by atoms with Gasteiger partial charge in [-0.2, -0.15) is 0 Å². The van der Waals surface area contributed by atoms with Crippen molar-refractivity contribution in [2.75, 3.05) is 26.2 Å². The molecular weight excluding hydrogens is 373 g/mol. The van der Waals surface area contributed by atoms with E-state index in [9.17, 15) is 14.0 Å². The van der Waals surface area contributed by atoms with Crippen LogP contribution in [0.4, 0.5) is 4.39 Å². The topological polar surface area (TPSA) is 66.7 Å². The molecule has 138 valence electrons. The van der Waals surface area contributed by atoms with Crippen LogP contribution in [-0.2, 0) is 0 Å². The largest absolute Gasteiger partial charge is 0.459 e. The van der Waals surface area contributed by atoms with E-state index in [1.165, 1.54) is 18.4 Å². The van der Waals surface area contributed by atoms with Crippen molar-refractivity contribution in [3.63, 3.8) is 0 Å². The lowest BCUT2D eigenvalue weighted by Crippen LogP contribution is -2.50.